The number of hydrogen-bond donors (Lipinski definition) is 1. The highest BCUT2D eigenvalue weighted by Gasteiger charge is 2.33. The Balaban J connectivity index is 1.56. The lowest BCUT2D eigenvalue weighted by Crippen LogP contribution is -2.42. The van der Waals surface area contributed by atoms with Crippen LogP contribution in [-0.4, -0.2) is 39.9 Å². The van der Waals surface area contributed by atoms with E-state index < -0.39 is 5.97 Å². The number of aromatic nitrogens is 2. The number of methoxy groups -OCH3 is 1. The summed E-state index contributed by atoms with van der Waals surface area (Å²) in [5, 5.41) is 9.47. The summed E-state index contributed by atoms with van der Waals surface area (Å²) in [5.41, 5.74) is 5.31. The van der Waals surface area contributed by atoms with Crippen LogP contribution in [0.2, 0.25) is 0 Å². The van der Waals surface area contributed by atoms with Gasteiger partial charge in [-0.25, -0.2) is 9.78 Å². The van der Waals surface area contributed by atoms with E-state index in [2.05, 4.69) is 41.8 Å². The average Bonchev–Trinajstić information content (AvgIpc) is 3.26. The molecule has 2 aromatic carbocycles. The normalized spacial score (nSPS) is 22.1. The Morgan fingerprint density at radius 1 is 1.03 bits per heavy atom. The molecule has 1 atom stereocenters. The number of nitrogens with zero attached hydrogens (tertiary/aromatic N) is 3. The van der Waals surface area contributed by atoms with Crippen LogP contribution >= 0.6 is 0 Å². The molecule has 1 unspecified atom stereocenters. The number of rotatable bonds is 5. The van der Waals surface area contributed by atoms with E-state index in [0.29, 0.717) is 12.8 Å². The summed E-state index contributed by atoms with van der Waals surface area (Å²) in [6.07, 6.45) is 6.14. The third kappa shape index (κ3) is 4.40. The van der Waals surface area contributed by atoms with Gasteiger partial charge in [0.15, 0.2) is 0 Å². The standard InChI is InChI=1S/C28H33N3O4/c1-18-8-14-22-23(30(18)28(34)35-2)15-16-24-26(22)29-25(17-9-19-6-4-3-5-7-19)31(24)21-12-10-20(11-13-21)27(32)33/h3-7,15-16,18,20-21H,8-14,17H2,1-2H3,(H,32,33). The predicted octanol–water partition coefficient (Wildman–Crippen LogP) is 5.54. The second-order valence-electron chi connectivity index (χ2n) is 9.89. The van der Waals surface area contributed by atoms with Gasteiger partial charge in [0.1, 0.15) is 5.82 Å². The first-order valence-corrected chi connectivity index (χ1v) is 12.6. The molecule has 1 aliphatic heterocycles. The monoisotopic (exact) mass is 475 g/mol. The van der Waals surface area contributed by atoms with Crippen LogP contribution in [0.25, 0.3) is 11.0 Å². The van der Waals surface area contributed by atoms with Crippen molar-refractivity contribution in [2.45, 2.75) is 70.4 Å². The second kappa shape index (κ2) is 9.72. The first-order valence-electron chi connectivity index (χ1n) is 12.6. The number of carboxylic acid groups (broad SMARTS) is 1. The molecule has 1 fully saturated rings. The summed E-state index contributed by atoms with van der Waals surface area (Å²) in [6.45, 7) is 2.05. The zero-order chi connectivity index (χ0) is 24.5. The van der Waals surface area contributed by atoms with E-state index in [0.717, 1.165) is 66.6 Å². The average molecular weight is 476 g/mol. The SMILES string of the molecule is COC(=O)N1c2ccc3c(nc(CCc4ccccc4)n3C3CCC(C(=O)O)CC3)c2CCC1C. The Bertz CT molecular complexity index is 1230. The number of ether oxygens (including phenoxy) is 1. The number of aryl methyl sites for hydroxylation is 3. The number of aliphatic carboxylic acids is 1. The van der Waals surface area contributed by atoms with Gasteiger partial charge < -0.3 is 14.4 Å². The fourth-order valence-electron chi connectivity index (χ4n) is 5.89. The van der Waals surface area contributed by atoms with Gasteiger partial charge in [-0.05, 0) is 69.6 Å². The number of carbonyl (C=O) groups is 2. The Labute approximate surface area is 205 Å². The topological polar surface area (TPSA) is 84.7 Å². The first-order chi connectivity index (χ1) is 17.0. The smallest absolute Gasteiger partial charge is 0.414 e. The molecule has 0 bridgehead atoms. The molecule has 1 N–H and O–H groups in total. The summed E-state index contributed by atoms with van der Waals surface area (Å²) >= 11 is 0. The summed E-state index contributed by atoms with van der Waals surface area (Å²) in [7, 11) is 1.42. The van der Waals surface area contributed by atoms with Crippen LogP contribution in [0.4, 0.5) is 10.5 Å². The number of hydrogen-bond acceptors (Lipinski definition) is 4. The Morgan fingerprint density at radius 2 is 1.77 bits per heavy atom. The summed E-state index contributed by atoms with van der Waals surface area (Å²) in [6, 6.07) is 14.9. The van der Waals surface area contributed by atoms with Gasteiger partial charge in [0.25, 0.3) is 0 Å². The fraction of sp³-hybridized carbons (Fsp3) is 0.464. The van der Waals surface area contributed by atoms with Gasteiger partial charge in [-0.15, -0.1) is 0 Å². The van der Waals surface area contributed by atoms with Gasteiger partial charge in [0, 0.05) is 24.1 Å². The van der Waals surface area contributed by atoms with Crippen LogP contribution in [0.1, 0.15) is 62.0 Å². The zero-order valence-electron chi connectivity index (χ0n) is 20.4. The summed E-state index contributed by atoms with van der Waals surface area (Å²) in [4.78, 5) is 31.0. The van der Waals surface area contributed by atoms with Gasteiger partial charge >= 0.3 is 12.1 Å². The molecule has 3 aromatic rings. The molecule has 2 heterocycles. The minimum absolute atomic E-state index is 0.0679. The maximum atomic E-state index is 12.6. The van der Waals surface area contributed by atoms with Crippen molar-refractivity contribution in [1.29, 1.82) is 0 Å². The lowest BCUT2D eigenvalue weighted by Gasteiger charge is -2.34. The number of carbonyl (C=O) groups excluding carboxylic acids is 1. The van der Waals surface area contributed by atoms with Crippen molar-refractivity contribution in [2.24, 2.45) is 5.92 Å². The first kappa shape index (κ1) is 23.4. The third-order valence-electron chi connectivity index (χ3n) is 7.79. The number of imidazole rings is 1. The van der Waals surface area contributed by atoms with E-state index in [1.165, 1.54) is 12.7 Å². The molecular formula is C28H33N3O4. The minimum atomic E-state index is -0.686. The molecule has 0 saturated heterocycles. The molecule has 5 rings (SSSR count). The van der Waals surface area contributed by atoms with Gasteiger partial charge in [-0.2, -0.15) is 0 Å². The number of fused-ring (bicyclic) bond motifs is 3. The van der Waals surface area contributed by atoms with Crippen LogP contribution in [0.15, 0.2) is 42.5 Å². The van der Waals surface area contributed by atoms with Crippen molar-refractivity contribution in [1.82, 2.24) is 9.55 Å². The van der Waals surface area contributed by atoms with E-state index in [1.54, 1.807) is 4.90 Å². The number of anilines is 1. The highest BCUT2D eigenvalue weighted by molar-refractivity contribution is 5.95. The summed E-state index contributed by atoms with van der Waals surface area (Å²) in [5.74, 6) is 0.102. The molecule has 1 saturated carbocycles. The maximum Gasteiger partial charge on any atom is 0.414 e. The number of amides is 1. The van der Waals surface area contributed by atoms with Crippen molar-refractivity contribution in [3.63, 3.8) is 0 Å². The van der Waals surface area contributed by atoms with E-state index >= 15 is 0 Å². The van der Waals surface area contributed by atoms with Gasteiger partial charge in [-0.3, -0.25) is 9.69 Å². The third-order valence-corrected chi connectivity index (χ3v) is 7.79. The number of benzene rings is 2. The Kier molecular flexibility index (Phi) is 6.50. The molecule has 35 heavy (non-hydrogen) atoms. The highest BCUT2D eigenvalue weighted by atomic mass is 16.5. The van der Waals surface area contributed by atoms with Crippen LogP contribution in [-0.2, 0) is 28.8 Å². The Morgan fingerprint density at radius 3 is 2.46 bits per heavy atom. The van der Waals surface area contributed by atoms with Crippen molar-refractivity contribution >= 4 is 28.8 Å². The molecule has 1 aromatic heterocycles. The molecule has 184 valence electrons. The van der Waals surface area contributed by atoms with Crippen molar-refractivity contribution in [3.05, 3.63) is 59.4 Å². The van der Waals surface area contributed by atoms with E-state index in [1.807, 2.05) is 12.1 Å². The van der Waals surface area contributed by atoms with E-state index in [4.69, 9.17) is 9.72 Å². The van der Waals surface area contributed by atoms with Crippen LogP contribution in [0.5, 0.6) is 0 Å². The lowest BCUT2D eigenvalue weighted by atomic mass is 9.85. The molecule has 0 radical (unpaired) electrons. The fourth-order valence-corrected chi connectivity index (χ4v) is 5.89. The van der Waals surface area contributed by atoms with E-state index in [9.17, 15) is 14.7 Å². The zero-order valence-corrected chi connectivity index (χ0v) is 20.4. The molecular weight excluding hydrogens is 442 g/mol. The van der Waals surface area contributed by atoms with Crippen LogP contribution in [0, 0.1) is 5.92 Å². The van der Waals surface area contributed by atoms with Gasteiger partial charge in [-0.1, -0.05) is 30.3 Å². The second-order valence-corrected chi connectivity index (χ2v) is 9.89. The van der Waals surface area contributed by atoms with Crippen LogP contribution < -0.4 is 4.90 Å². The minimum Gasteiger partial charge on any atom is -0.481 e. The molecule has 2 aliphatic rings. The van der Waals surface area contributed by atoms with Crippen LogP contribution in [0.3, 0.4) is 0 Å². The van der Waals surface area contributed by atoms with Gasteiger partial charge in [0.2, 0.25) is 0 Å². The summed E-state index contributed by atoms with van der Waals surface area (Å²) < 4.78 is 7.46. The molecule has 1 aliphatic carbocycles. The highest BCUT2D eigenvalue weighted by Crippen LogP contribution is 2.40. The quantitative estimate of drug-likeness (QED) is 0.523. The number of carboxylic acids is 1. The van der Waals surface area contributed by atoms with Gasteiger partial charge in [0.05, 0.1) is 29.7 Å². The molecule has 1 amide bonds. The predicted molar refractivity (Wildman–Crippen MR) is 135 cm³/mol. The largest absolute Gasteiger partial charge is 0.481 e. The molecule has 7 nitrogen and oxygen atoms in total. The van der Waals surface area contributed by atoms with Crippen molar-refractivity contribution in [3.8, 4) is 0 Å². The Hall–Kier alpha value is -3.35. The lowest BCUT2D eigenvalue weighted by molar-refractivity contribution is -0.143. The molecule has 7 heteroatoms. The van der Waals surface area contributed by atoms with E-state index in [-0.39, 0.29) is 24.1 Å². The van der Waals surface area contributed by atoms with Crippen molar-refractivity contribution < 1.29 is 19.4 Å². The maximum absolute atomic E-state index is 12.6. The van der Waals surface area contributed by atoms with Crippen molar-refractivity contribution in [2.75, 3.05) is 12.0 Å². The molecule has 0 spiro atoms.